The van der Waals surface area contributed by atoms with Crippen LogP contribution in [0, 0.1) is 11.8 Å². The van der Waals surface area contributed by atoms with Crippen LogP contribution in [0.15, 0.2) is 29.0 Å². The molecule has 1 aromatic rings. The van der Waals surface area contributed by atoms with E-state index in [9.17, 15) is 34.8 Å². The molecule has 8 N–H and O–H groups in total. The summed E-state index contributed by atoms with van der Waals surface area (Å²) in [6.45, 7) is 0. The zero-order valence-corrected chi connectivity index (χ0v) is 16.9. The number of nitrogen functional groups attached to an aromatic ring is 1. The average Bonchev–Trinajstić information content (AvgIpc) is 2.67. The zero-order chi connectivity index (χ0) is 23.0. The number of phenolic OH excluding ortho intramolecular Hbond substituents is 1. The highest BCUT2D eigenvalue weighted by Crippen LogP contribution is 2.53. The molecular formula is C21H23N3O7. The van der Waals surface area contributed by atoms with Crippen molar-refractivity contribution in [2.45, 2.75) is 24.5 Å². The first-order valence-electron chi connectivity index (χ1n) is 9.68. The van der Waals surface area contributed by atoms with Crippen molar-refractivity contribution in [3.63, 3.8) is 0 Å². The highest BCUT2D eigenvalue weighted by atomic mass is 16.3. The summed E-state index contributed by atoms with van der Waals surface area (Å²) in [5.41, 5.74) is 8.35. The summed E-state index contributed by atoms with van der Waals surface area (Å²) in [5.74, 6) is -6.80. The van der Waals surface area contributed by atoms with E-state index >= 15 is 0 Å². The van der Waals surface area contributed by atoms with Gasteiger partial charge in [0.05, 0.1) is 11.6 Å². The van der Waals surface area contributed by atoms with Crippen LogP contribution in [0.3, 0.4) is 0 Å². The van der Waals surface area contributed by atoms with Crippen LogP contribution in [0.25, 0.3) is 5.76 Å². The number of primary amides is 1. The number of anilines is 1. The van der Waals surface area contributed by atoms with Gasteiger partial charge in [-0.3, -0.25) is 19.3 Å². The van der Waals surface area contributed by atoms with Gasteiger partial charge in [0.25, 0.3) is 5.91 Å². The second kappa shape index (κ2) is 6.56. The number of likely N-dealkylation sites (N-methyl/N-ethyl adjacent to an activating group) is 1. The van der Waals surface area contributed by atoms with Crippen LogP contribution in [-0.4, -0.2) is 68.5 Å². The number of phenols is 1. The maximum absolute atomic E-state index is 13.5. The molecule has 10 nitrogen and oxygen atoms in total. The third kappa shape index (κ3) is 2.55. The first kappa shape index (κ1) is 20.9. The predicted octanol–water partition coefficient (Wildman–Crippen LogP) is -0.454. The fourth-order valence-corrected chi connectivity index (χ4v) is 5.27. The minimum absolute atomic E-state index is 0.0173. The van der Waals surface area contributed by atoms with Crippen LogP contribution >= 0.6 is 0 Å². The quantitative estimate of drug-likeness (QED) is 0.205. The molecule has 1 aromatic carbocycles. The van der Waals surface area contributed by atoms with Gasteiger partial charge in [0.1, 0.15) is 22.8 Å². The number of ketones is 2. The SMILES string of the molecule is CN(C)C1C(=O)C(C(N)=O)=C(O)C2(O)C(=O)C3=C(O)c4c(O)ccc(N)c4CC3CC12. The Morgan fingerprint density at radius 2 is 1.84 bits per heavy atom. The Hall–Kier alpha value is -3.37. The Bertz CT molecular complexity index is 1120. The summed E-state index contributed by atoms with van der Waals surface area (Å²) in [6.07, 6.45) is 0.204. The summed E-state index contributed by atoms with van der Waals surface area (Å²) in [7, 11) is 3.09. The maximum atomic E-state index is 13.5. The van der Waals surface area contributed by atoms with E-state index in [1.165, 1.54) is 17.0 Å². The lowest BCUT2D eigenvalue weighted by Gasteiger charge is -2.50. The number of aromatic hydroxyl groups is 1. The van der Waals surface area contributed by atoms with Crippen molar-refractivity contribution in [3.05, 3.63) is 40.2 Å². The summed E-state index contributed by atoms with van der Waals surface area (Å²) in [6, 6.07) is 1.65. The van der Waals surface area contributed by atoms with Gasteiger partial charge >= 0.3 is 0 Å². The van der Waals surface area contributed by atoms with Crippen LogP contribution in [0.4, 0.5) is 5.69 Å². The zero-order valence-electron chi connectivity index (χ0n) is 16.9. The molecule has 10 heteroatoms. The Labute approximate surface area is 177 Å². The van der Waals surface area contributed by atoms with Gasteiger partial charge in [-0.2, -0.15) is 0 Å². The first-order chi connectivity index (χ1) is 14.4. The molecule has 0 radical (unpaired) electrons. The first-order valence-corrected chi connectivity index (χ1v) is 9.68. The molecule has 4 atom stereocenters. The predicted molar refractivity (Wildman–Crippen MR) is 109 cm³/mol. The maximum Gasteiger partial charge on any atom is 0.255 e. The summed E-state index contributed by atoms with van der Waals surface area (Å²) in [4.78, 5) is 39.8. The molecule has 3 aliphatic rings. The summed E-state index contributed by atoms with van der Waals surface area (Å²) >= 11 is 0. The van der Waals surface area contributed by atoms with E-state index in [1.807, 2.05) is 0 Å². The molecule has 0 bridgehead atoms. The average molecular weight is 429 g/mol. The normalized spacial score (nSPS) is 30.3. The summed E-state index contributed by atoms with van der Waals surface area (Å²) < 4.78 is 0. The van der Waals surface area contributed by atoms with E-state index in [2.05, 4.69) is 0 Å². The Morgan fingerprint density at radius 3 is 2.42 bits per heavy atom. The molecule has 31 heavy (non-hydrogen) atoms. The van der Waals surface area contributed by atoms with E-state index in [1.54, 1.807) is 14.1 Å². The van der Waals surface area contributed by atoms with E-state index < -0.39 is 58.0 Å². The minimum atomic E-state index is -2.64. The van der Waals surface area contributed by atoms with Gasteiger partial charge < -0.3 is 31.9 Å². The molecule has 1 saturated carbocycles. The molecule has 3 aliphatic carbocycles. The van der Waals surface area contributed by atoms with Crippen molar-refractivity contribution < 1.29 is 34.8 Å². The van der Waals surface area contributed by atoms with Gasteiger partial charge in [-0.15, -0.1) is 0 Å². The molecule has 4 rings (SSSR count). The Balaban J connectivity index is 1.99. The topological polar surface area (TPSA) is 187 Å². The third-order valence-electron chi connectivity index (χ3n) is 6.64. The smallest absolute Gasteiger partial charge is 0.255 e. The van der Waals surface area contributed by atoms with Crippen molar-refractivity contribution in [1.29, 1.82) is 0 Å². The molecule has 0 spiro atoms. The molecule has 0 saturated heterocycles. The number of nitrogens with two attached hydrogens (primary N) is 2. The lowest BCUT2D eigenvalue weighted by Crippen LogP contribution is -2.65. The fraction of sp³-hybridized carbons (Fsp3) is 0.381. The lowest BCUT2D eigenvalue weighted by molar-refractivity contribution is -0.153. The van der Waals surface area contributed by atoms with Gasteiger partial charge in [-0.05, 0) is 50.6 Å². The minimum Gasteiger partial charge on any atom is -0.508 e. The highest BCUT2D eigenvalue weighted by Gasteiger charge is 2.64. The number of aliphatic hydroxyl groups is 3. The van der Waals surface area contributed by atoms with Gasteiger partial charge in [0.15, 0.2) is 11.4 Å². The Morgan fingerprint density at radius 1 is 1.19 bits per heavy atom. The molecule has 1 amide bonds. The van der Waals surface area contributed by atoms with E-state index in [0.29, 0.717) is 11.3 Å². The summed E-state index contributed by atoms with van der Waals surface area (Å²) in [5, 5.41) is 43.3. The van der Waals surface area contributed by atoms with E-state index in [4.69, 9.17) is 11.5 Å². The number of amides is 1. The van der Waals surface area contributed by atoms with Crippen molar-refractivity contribution >= 4 is 28.9 Å². The van der Waals surface area contributed by atoms with Crippen LogP contribution in [0.1, 0.15) is 17.5 Å². The number of Topliss-reactive ketones (excluding diaryl/α,β-unsaturated/α-hetero) is 2. The fourth-order valence-electron chi connectivity index (χ4n) is 5.27. The molecule has 0 aromatic heterocycles. The number of hydrogen-bond donors (Lipinski definition) is 6. The number of aliphatic hydroxyl groups excluding tert-OH is 2. The molecule has 0 heterocycles. The number of carbonyl (C=O) groups is 3. The van der Waals surface area contributed by atoms with Crippen LogP contribution < -0.4 is 11.5 Å². The van der Waals surface area contributed by atoms with Crippen LogP contribution in [0.2, 0.25) is 0 Å². The third-order valence-corrected chi connectivity index (χ3v) is 6.64. The molecule has 0 aliphatic heterocycles. The number of fused-ring (bicyclic) bond motifs is 3. The molecular weight excluding hydrogens is 406 g/mol. The number of hydrogen-bond acceptors (Lipinski definition) is 9. The molecule has 4 unspecified atom stereocenters. The van der Waals surface area contributed by atoms with Gasteiger partial charge in [-0.25, -0.2) is 0 Å². The number of rotatable bonds is 2. The monoisotopic (exact) mass is 429 g/mol. The lowest BCUT2D eigenvalue weighted by atomic mass is 9.57. The van der Waals surface area contributed by atoms with Crippen LogP contribution in [0.5, 0.6) is 5.75 Å². The van der Waals surface area contributed by atoms with Crippen LogP contribution in [-0.2, 0) is 20.8 Å². The van der Waals surface area contributed by atoms with Crippen molar-refractivity contribution in [3.8, 4) is 5.75 Å². The van der Waals surface area contributed by atoms with Gasteiger partial charge in [-0.1, -0.05) is 0 Å². The highest BCUT2D eigenvalue weighted by molar-refractivity contribution is 6.24. The van der Waals surface area contributed by atoms with Crippen molar-refractivity contribution in [1.82, 2.24) is 4.90 Å². The largest absolute Gasteiger partial charge is 0.508 e. The molecule has 1 fully saturated rings. The Kier molecular flexibility index (Phi) is 4.42. The van der Waals surface area contributed by atoms with Gasteiger partial charge in [0.2, 0.25) is 5.78 Å². The number of benzene rings is 1. The van der Waals surface area contributed by atoms with Gasteiger partial charge in [0, 0.05) is 17.2 Å². The van der Waals surface area contributed by atoms with E-state index in [-0.39, 0.29) is 29.7 Å². The number of carbonyl (C=O) groups excluding carboxylic acids is 3. The molecule has 164 valence electrons. The standard InChI is InChI=1S/C21H23N3O7/c1-24(2)15-9-6-7-5-8-10(22)3-4-11(25)13(8)16(26)12(7)18(28)21(9,31)19(29)14(17(15)27)20(23)30/h3-4,7,9,15,25-26,29,31H,5-6,22H2,1-2H3,(H2,23,30). The van der Waals surface area contributed by atoms with Crippen molar-refractivity contribution in [2.24, 2.45) is 17.6 Å². The van der Waals surface area contributed by atoms with E-state index in [0.717, 1.165) is 0 Å². The number of nitrogens with zero attached hydrogens (tertiary/aromatic N) is 1. The second-order valence-corrected chi connectivity index (χ2v) is 8.49. The second-order valence-electron chi connectivity index (χ2n) is 8.49. The van der Waals surface area contributed by atoms with Crippen molar-refractivity contribution in [2.75, 3.05) is 19.8 Å².